The molecule has 0 radical (unpaired) electrons. The number of rotatable bonds is 7. The van der Waals surface area contributed by atoms with Crippen LogP contribution in [0.2, 0.25) is 0 Å². The Morgan fingerprint density at radius 1 is 1.08 bits per heavy atom. The number of hydrogen-bond acceptors (Lipinski definition) is 4. The Morgan fingerprint density at radius 2 is 1.84 bits per heavy atom. The number of fused-ring (bicyclic) bond motifs is 1. The lowest BCUT2D eigenvalue weighted by Crippen LogP contribution is -2.24. The minimum absolute atomic E-state index is 0.0476. The van der Waals surface area contributed by atoms with E-state index in [-0.39, 0.29) is 12.2 Å². The number of aliphatic hydroxyl groups is 1. The molecule has 1 aromatic heterocycles. The molecule has 0 aliphatic heterocycles. The van der Waals surface area contributed by atoms with Gasteiger partial charge in [-0.3, -0.25) is 9.36 Å². The van der Waals surface area contributed by atoms with Crippen LogP contribution in [0.1, 0.15) is 12.0 Å². The van der Waals surface area contributed by atoms with Gasteiger partial charge in [-0.2, -0.15) is 0 Å². The van der Waals surface area contributed by atoms with Crippen LogP contribution in [0.4, 0.5) is 0 Å². The number of thioether (sulfide) groups is 1. The van der Waals surface area contributed by atoms with E-state index in [1.807, 2.05) is 48.5 Å². The molecule has 0 saturated carbocycles. The highest BCUT2D eigenvalue weighted by molar-refractivity contribution is 7.99. The van der Waals surface area contributed by atoms with Gasteiger partial charge in [0.25, 0.3) is 5.56 Å². The first-order valence-electron chi connectivity index (χ1n) is 8.24. The second kappa shape index (κ2) is 8.65. The topological polar surface area (TPSA) is 55.1 Å². The zero-order valence-electron chi connectivity index (χ0n) is 13.8. The Hall–Kier alpha value is -2.37. The van der Waals surface area contributed by atoms with E-state index in [2.05, 4.69) is 17.1 Å². The highest BCUT2D eigenvalue weighted by Gasteiger charge is 2.10. The standard InChI is InChI=1S/C20H20N2O2S/c23-14-7-13-22-19(24)17-11-4-5-12-18(17)21-20(22)25-15-6-10-16-8-2-1-3-9-16/h1-6,8-12,23H,7,13-15H2/b10-6+. The number of aromatic nitrogens is 2. The van der Waals surface area contributed by atoms with E-state index in [0.29, 0.717) is 29.0 Å². The number of benzene rings is 2. The molecule has 0 atom stereocenters. The van der Waals surface area contributed by atoms with E-state index >= 15 is 0 Å². The Labute approximate surface area is 150 Å². The molecule has 0 fully saturated rings. The number of aliphatic hydroxyl groups excluding tert-OH is 1. The quantitative estimate of drug-likeness (QED) is 0.522. The predicted octanol–water partition coefficient (Wildman–Crippen LogP) is 3.58. The zero-order chi connectivity index (χ0) is 17.5. The normalized spacial score (nSPS) is 11.4. The summed E-state index contributed by atoms with van der Waals surface area (Å²) >= 11 is 1.53. The van der Waals surface area contributed by atoms with E-state index in [9.17, 15) is 4.79 Å². The van der Waals surface area contributed by atoms with Gasteiger partial charge in [0, 0.05) is 18.9 Å². The highest BCUT2D eigenvalue weighted by Crippen LogP contribution is 2.18. The van der Waals surface area contributed by atoms with Gasteiger partial charge in [0.1, 0.15) is 0 Å². The van der Waals surface area contributed by atoms with Crippen LogP contribution < -0.4 is 5.56 Å². The van der Waals surface area contributed by atoms with Crippen molar-refractivity contribution in [3.05, 3.63) is 76.6 Å². The first kappa shape index (κ1) is 17.5. The molecule has 5 heteroatoms. The molecule has 1 N–H and O–H groups in total. The van der Waals surface area contributed by atoms with Crippen LogP contribution >= 0.6 is 11.8 Å². The summed E-state index contributed by atoms with van der Waals surface area (Å²) in [5, 5.41) is 10.4. The monoisotopic (exact) mass is 352 g/mol. The molecular formula is C20H20N2O2S. The Kier molecular flexibility index (Phi) is 6.04. The highest BCUT2D eigenvalue weighted by atomic mass is 32.2. The molecule has 4 nitrogen and oxygen atoms in total. The number of para-hydroxylation sites is 1. The fourth-order valence-corrected chi connectivity index (χ4v) is 3.39. The Morgan fingerprint density at radius 3 is 2.64 bits per heavy atom. The van der Waals surface area contributed by atoms with Crippen LogP contribution in [0.15, 0.2) is 70.6 Å². The van der Waals surface area contributed by atoms with Gasteiger partial charge >= 0.3 is 0 Å². The third kappa shape index (κ3) is 4.38. The third-order valence-electron chi connectivity index (χ3n) is 3.78. The fourth-order valence-electron chi connectivity index (χ4n) is 2.55. The minimum atomic E-state index is -0.0476. The molecule has 0 aliphatic rings. The molecule has 2 aromatic carbocycles. The maximum atomic E-state index is 12.7. The molecule has 0 bridgehead atoms. The molecule has 3 rings (SSSR count). The summed E-state index contributed by atoms with van der Waals surface area (Å²) in [5.41, 5.74) is 1.81. The average Bonchev–Trinajstić information content (AvgIpc) is 2.66. The van der Waals surface area contributed by atoms with Gasteiger partial charge in [0.15, 0.2) is 5.16 Å². The van der Waals surface area contributed by atoms with Crippen molar-refractivity contribution < 1.29 is 5.11 Å². The second-order valence-electron chi connectivity index (χ2n) is 5.57. The zero-order valence-corrected chi connectivity index (χ0v) is 14.7. The van der Waals surface area contributed by atoms with E-state index in [1.54, 1.807) is 10.6 Å². The lowest BCUT2D eigenvalue weighted by Gasteiger charge is -2.11. The summed E-state index contributed by atoms with van der Waals surface area (Å²) in [4.78, 5) is 17.4. The smallest absolute Gasteiger partial charge is 0.262 e. The second-order valence-corrected chi connectivity index (χ2v) is 6.56. The molecule has 1 heterocycles. The first-order chi connectivity index (χ1) is 12.3. The van der Waals surface area contributed by atoms with Crippen LogP contribution in [0.25, 0.3) is 17.0 Å². The van der Waals surface area contributed by atoms with Crippen LogP contribution in [0.5, 0.6) is 0 Å². The minimum Gasteiger partial charge on any atom is -0.396 e. The van der Waals surface area contributed by atoms with Gasteiger partial charge < -0.3 is 5.11 Å². The number of nitrogens with zero attached hydrogens (tertiary/aromatic N) is 2. The van der Waals surface area contributed by atoms with E-state index in [4.69, 9.17) is 5.11 Å². The average molecular weight is 352 g/mol. The van der Waals surface area contributed by atoms with Crippen molar-refractivity contribution >= 4 is 28.7 Å². The molecule has 0 amide bonds. The van der Waals surface area contributed by atoms with Crippen LogP contribution in [0.3, 0.4) is 0 Å². The van der Waals surface area contributed by atoms with Gasteiger partial charge in [-0.25, -0.2) is 4.98 Å². The first-order valence-corrected chi connectivity index (χ1v) is 9.23. The van der Waals surface area contributed by atoms with Gasteiger partial charge in [0.05, 0.1) is 10.9 Å². The van der Waals surface area contributed by atoms with Gasteiger partial charge in [-0.1, -0.05) is 66.4 Å². The summed E-state index contributed by atoms with van der Waals surface area (Å²) < 4.78 is 1.67. The summed E-state index contributed by atoms with van der Waals surface area (Å²) in [6, 6.07) is 17.5. The number of hydrogen-bond donors (Lipinski definition) is 1. The fraction of sp³-hybridized carbons (Fsp3) is 0.200. The SMILES string of the molecule is O=c1c2ccccc2nc(SC/C=C/c2ccccc2)n1CCCO. The molecule has 0 saturated heterocycles. The Bertz CT molecular complexity index is 920. The van der Waals surface area contributed by atoms with E-state index in [1.165, 1.54) is 11.8 Å². The van der Waals surface area contributed by atoms with Crippen molar-refractivity contribution in [2.45, 2.75) is 18.1 Å². The van der Waals surface area contributed by atoms with Crippen molar-refractivity contribution in [2.75, 3.05) is 12.4 Å². The molecule has 0 aliphatic carbocycles. The largest absolute Gasteiger partial charge is 0.396 e. The summed E-state index contributed by atoms with van der Waals surface area (Å²) in [6.45, 7) is 0.523. The lowest BCUT2D eigenvalue weighted by molar-refractivity contribution is 0.276. The molecule has 3 aromatic rings. The van der Waals surface area contributed by atoms with Crippen molar-refractivity contribution in [1.82, 2.24) is 9.55 Å². The van der Waals surface area contributed by atoms with E-state index in [0.717, 1.165) is 11.3 Å². The van der Waals surface area contributed by atoms with Gasteiger partial charge in [-0.05, 0) is 24.1 Å². The van der Waals surface area contributed by atoms with Crippen LogP contribution in [-0.4, -0.2) is 27.0 Å². The Balaban J connectivity index is 1.83. The summed E-state index contributed by atoms with van der Waals surface area (Å²) in [7, 11) is 0. The molecule has 0 spiro atoms. The van der Waals surface area contributed by atoms with Crippen molar-refractivity contribution in [1.29, 1.82) is 0 Å². The van der Waals surface area contributed by atoms with Gasteiger partial charge in [0.2, 0.25) is 0 Å². The summed E-state index contributed by atoms with van der Waals surface area (Å²) in [5.74, 6) is 0.721. The van der Waals surface area contributed by atoms with Crippen molar-refractivity contribution in [3.8, 4) is 0 Å². The maximum Gasteiger partial charge on any atom is 0.262 e. The predicted molar refractivity (Wildman–Crippen MR) is 104 cm³/mol. The molecule has 0 unspecified atom stereocenters. The third-order valence-corrected chi connectivity index (χ3v) is 4.71. The molecular weight excluding hydrogens is 332 g/mol. The van der Waals surface area contributed by atoms with E-state index < -0.39 is 0 Å². The van der Waals surface area contributed by atoms with Crippen molar-refractivity contribution in [2.24, 2.45) is 0 Å². The van der Waals surface area contributed by atoms with Gasteiger partial charge in [-0.15, -0.1) is 0 Å². The molecule has 128 valence electrons. The van der Waals surface area contributed by atoms with Crippen molar-refractivity contribution in [3.63, 3.8) is 0 Å². The summed E-state index contributed by atoms with van der Waals surface area (Å²) in [6.07, 6.45) is 4.66. The lowest BCUT2D eigenvalue weighted by atomic mass is 10.2. The maximum absolute atomic E-state index is 12.7. The van der Waals surface area contributed by atoms with Crippen LogP contribution in [0, 0.1) is 0 Å². The molecule has 25 heavy (non-hydrogen) atoms. The van der Waals surface area contributed by atoms with Crippen LogP contribution in [-0.2, 0) is 6.54 Å².